The minimum absolute atomic E-state index is 0.0464. The maximum absolute atomic E-state index is 11.8. The van der Waals surface area contributed by atoms with E-state index in [1.54, 1.807) is 0 Å². The minimum Gasteiger partial charge on any atom is -0.481 e. The number of methoxy groups -OCH3 is 1. The van der Waals surface area contributed by atoms with Crippen molar-refractivity contribution in [3.63, 3.8) is 0 Å². The van der Waals surface area contributed by atoms with Crippen molar-refractivity contribution in [3.8, 4) is 0 Å². The van der Waals surface area contributed by atoms with Crippen molar-refractivity contribution in [2.45, 2.75) is 77.2 Å². The summed E-state index contributed by atoms with van der Waals surface area (Å²) in [6.07, 6.45) is 8.02. The van der Waals surface area contributed by atoms with Gasteiger partial charge in [0.25, 0.3) is 0 Å². The van der Waals surface area contributed by atoms with Crippen LogP contribution in [0.3, 0.4) is 0 Å². The highest BCUT2D eigenvalue weighted by Gasteiger charge is 2.21. The van der Waals surface area contributed by atoms with E-state index in [1.807, 2.05) is 0 Å². The predicted molar refractivity (Wildman–Crippen MR) is 83.4 cm³/mol. The van der Waals surface area contributed by atoms with Gasteiger partial charge in [0.2, 0.25) is 5.91 Å². The van der Waals surface area contributed by atoms with E-state index < -0.39 is 18.0 Å². The normalized spacial score (nSPS) is 11.7. The Labute approximate surface area is 132 Å². The summed E-state index contributed by atoms with van der Waals surface area (Å²) in [7, 11) is 1.22. The highest BCUT2D eigenvalue weighted by Crippen LogP contribution is 2.09. The van der Waals surface area contributed by atoms with Gasteiger partial charge in [-0.25, -0.2) is 4.79 Å². The molecule has 0 aliphatic carbocycles. The number of carboxylic acids is 1. The molecule has 0 radical (unpaired) electrons. The van der Waals surface area contributed by atoms with Crippen molar-refractivity contribution >= 4 is 17.8 Å². The topological polar surface area (TPSA) is 92.7 Å². The lowest BCUT2D eigenvalue weighted by molar-refractivity contribution is -0.146. The molecule has 0 aromatic rings. The molecule has 1 atom stereocenters. The van der Waals surface area contributed by atoms with E-state index in [4.69, 9.17) is 5.11 Å². The van der Waals surface area contributed by atoms with Gasteiger partial charge < -0.3 is 15.2 Å². The lowest BCUT2D eigenvalue weighted by Crippen LogP contribution is -2.41. The number of carbonyl (C=O) groups is 3. The zero-order valence-corrected chi connectivity index (χ0v) is 13.7. The lowest BCUT2D eigenvalue weighted by atomic mass is 10.1. The maximum atomic E-state index is 11.8. The molecule has 6 heteroatoms. The third kappa shape index (κ3) is 11.1. The maximum Gasteiger partial charge on any atom is 0.328 e. The fourth-order valence-electron chi connectivity index (χ4n) is 2.17. The Balaban J connectivity index is 3.92. The summed E-state index contributed by atoms with van der Waals surface area (Å²) in [6.45, 7) is 2.17. The van der Waals surface area contributed by atoms with Gasteiger partial charge in [-0.15, -0.1) is 0 Å². The van der Waals surface area contributed by atoms with E-state index in [9.17, 15) is 14.4 Å². The van der Waals surface area contributed by atoms with E-state index in [2.05, 4.69) is 17.0 Å². The molecule has 0 bridgehead atoms. The van der Waals surface area contributed by atoms with E-state index in [0.29, 0.717) is 6.42 Å². The van der Waals surface area contributed by atoms with Crippen molar-refractivity contribution < 1.29 is 24.2 Å². The van der Waals surface area contributed by atoms with Crippen LogP contribution in [0.15, 0.2) is 0 Å². The summed E-state index contributed by atoms with van der Waals surface area (Å²) in [5, 5.41) is 11.2. The molecule has 2 N–H and O–H groups in total. The van der Waals surface area contributed by atoms with Crippen LogP contribution in [-0.2, 0) is 19.1 Å². The van der Waals surface area contributed by atoms with Gasteiger partial charge in [-0.2, -0.15) is 0 Å². The summed E-state index contributed by atoms with van der Waals surface area (Å²) in [5.41, 5.74) is 0. The van der Waals surface area contributed by atoms with Crippen LogP contribution in [0.25, 0.3) is 0 Å². The third-order valence-corrected chi connectivity index (χ3v) is 3.48. The van der Waals surface area contributed by atoms with Gasteiger partial charge in [-0.1, -0.05) is 45.4 Å². The van der Waals surface area contributed by atoms with E-state index >= 15 is 0 Å². The van der Waals surface area contributed by atoms with Gasteiger partial charge in [-0.3, -0.25) is 9.59 Å². The number of rotatable bonds is 13. The molecule has 0 saturated heterocycles. The van der Waals surface area contributed by atoms with Crippen molar-refractivity contribution in [3.05, 3.63) is 0 Å². The van der Waals surface area contributed by atoms with Gasteiger partial charge in [-0.05, 0) is 12.8 Å². The van der Waals surface area contributed by atoms with Gasteiger partial charge in [0, 0.05) is 12.8 Å². The van der Waals surface area contributed by atoms with Crippen LogP contribution in [0.4, 0.5) is 0 Å². The molecule has 0 unspecified atom stereocenters. The van der Waals surface area contributed by atoms with Gasteiger partial charge in [0.05, 0.1) is 7.11 Å². The average Bonchev–Trinajstić information content (AvgIpc) is 2.49. The highest BCUT2D eigenvalue weighted by molar-refractivity contribution is 5.84. The van der Waals surface area contributed by atoms with Crippen LogP contribution in [0.2, 0.25) is 0 Å². The molecule has 0 fully saturated rings. The molecule has 0 saturated carbocycles. The zero-order valence-electron chi connectivity index (χ0n) is 13.7. The summed E-state index contributed by atoms with van der Waals surface area (Å²) in [4.78, 5) is 33.8. The highest BCUT2D eigenvalue weighted by atomic mass is 16.5. The molecule has 0 aliphatic heterocycles. The molecular weight excluding hydrogens is 286 g/mol. The molecule has 1 amide bonds. The number of hydrogen-bond donors (Lipinski definition) is 2. The Morgan fingerprint density at radius 2 is 1.59 bits per heavy atom. The molecule has 0 heterocycles. The fraction of sp³-hybridized carbons (Fsp3) is 0.812. The number of esters is 1. The van der Waals surface area contributed by atoms with Gasteiger partial charge >= 0.3 is 11.9 Å². The SMILES string of the molecule is CCCCCCCCCC(=O)N[C@@H](CCC(=O)O)C(=O)OC. The Morgan fingerprint density at radius 1 is 1.00 bits per heavy atom. The summed E-state index contributed by atoms with van der Waals surface area (Å²) in [5.74, 6) is -1.83. The standard InChI is InChI=1S/C16H29NO5/c1-3-4-5-6-7-8-9-10-14(18)17-13(16(21)22-2)11-12-15(19)20/h13H,3-12H2,1-2H3,(H,17,18)(H,19,20)/t13-/m0/s1. The first-order valence-electron chi connectivity index (χ1n) is 8.10. The number of carboxylic acid groups (broad SMARTS) is 1. The van der Waals surface area contributed by atoms with Crippen molar-refractivity contribution in [2.24, 2.45) is 0 Å². The number of amides is 1. The summed E-state index contributed by atoms with van der Waals surface area (Å²) >= 11 is 0. The van der Waals surface area contributed by atoms with Crippen LogP contribution in [0, 0.1) is 0 Å². The van der Waals surface area contributed by atoms with Crippen LogP contribution in [0.5, 0.6) is 0 Å². The van der Waals surface area contributed by atoms with Crippen molar-refractivity contribution in [1.29, 1.82) is 0 Å². The van der Waals surface area contributed by atoms with Crippen molar-refractivity contribution in [1.82, 2.24) is 5.32 Å². The molecule has 6 nitrogen and oxygen atoms in total. The quantitative estimate of drug-likeness (QED) is 0.402. The van der Waals surface area contributed by atoms with Crippen LogP contribution in [-0.4, -0.2) is 36.1 Å². The summed E-state index contributed by atoms with van der Waals surface area (Å²) in [6, 6.07) is -0.877. The Bertz CT molecular complexity index is 343. The Morgan fingerprint density at radius 3 is 2.14 bits per heavy atom. The summed E-state index contributed by atoms with van der Waals surface area (Å²) < 4.78 is 4.58. The van der Waals surface area contributed by atoms with Crippen LogP contribution >= 0.6 is 0 Å². The second-order valence-electron chi connectivity index (χ2n) is 5.45. The first-order chi connectivity index (χ1) is 10.5. The second kappa shape index (κ2) is 13.1. The van der Waals surface area contributed by atoms with Crippen molar-refractivity contribution in [2.75, 3.05) is 7.11 Å². The van der Waals surface area contributed by atoms with Gasteiger partial charge in [0.1, 0.15) is 6.04 Å². The smallest absolute Gasteiger partial charge is 0.328 e. The predicted octanol–water partition coefficient (Wildman–Crippen LogP) is 2.65. The molecular formula is C16H29NO5. The number of aliphatic carboxylic acids is 1. The monoisotopic (exact) mass is 315 g/mol. The zero-order chi connectivity index (χ0) is 16.8. The first-order valence-corrected chi connectivity index (χ1v) is 8.10. The third-order valence-electron chi connectivity index (χ3n) is 3.48. The number of carbonyl (C=O) groups excluding carboxylic acids is 2. The van der Waals surface area contributed by atoms with Gasteiger partial charge in [0.15, 0.2) is 0 Å². The lowest BCUT2D eigenvalue weighted by Gasteiger charge is -2.15. The molecule has 0 aromatic carbocycles. The largest absolute Gasteiger partial charge is 0.481 e. The molecule has 0 rings (SSSR count). The number of unbranched alkanes of at least 4 members (excludes halogenated alkanes) is 6. The average molecular weight is 315 g/mol. The fourth-order valence-corrected chi connectivity index (χ4v) is 2.17. The Hall–Kier alpha value is -1.59. The van der Waals surface area contributed by atoms with E-state index in [1.165, 1.54) is 32.8 Å². The number of ether oxygens (including phenoxy) is 1. The second-order valence-corrected chi connectivity index (χ2v) is 5.45. The molecule has 0 aromatic heterocycles. The molecule has 0 aliphatic rings. The first kappa shape index (κ1) is 20.4. The Kier molecular flexibility index (Phi) is 12.2. The molecule has 22 heavy (non-hydrogen) atoms. The number of nitrogens with one attached hydrogen (secondary N) is 1. The van der Waals surface area contributed by atoms with E-state index in [-0.39, 0.29) is 18.7 Å². The molecule has 128 valence electrons. The van der Waals surface area contributed by atoms with E-state index in [0.717, 1.165) is 19.3 Å². The number of hydrogen-bond acceptors (Lipinski definition) is 4. The minimum atomic E-state index is -1.00. The molecule has 0 spiro atoms. The van der Waals surface area contributed by atoms with Crippen LogP contribution in [0.1, 0.15) is 71.1 Å². The van der Waals surface area contributed by atoms with Crippen LogP contribution < -0.4 is 5.32 Å².